The molecule has 23 heavy (non-hydrogen) atoms. The van der Waals surface area contributed by atoms with Crippen molar-refractivity contribution in [2.45, 2.75) is 71.8 Å². The highest BCUT2D eigenvalue weighted by molar-refractivity contribution is 6.74. The lowest BCUT2D eigenvalue weighted by molar-refractivity contribution is -0.162. The zero-order valence-electron chi connectivity index (χ0n) is 15.4. The number of amides is 1. The van der Waals surface area contributed by atoms with Crippen molar-refractivity contribution in [3.8, 4) is 0 Å². The number of carbonyl (C=O) groups excluding carboxylic acids is 1. The quantitative estimate of drug-likeness (QED) is 0.631. The van der Waals surface area contributed by atoms with E-state index in [1.165, 1.54) is 4.90 Å². The molecule has 1 amide bonds. The smallest absolute Gasteiger partial charge is 0.352 e. The molecule has 0 radical (unpaired) electrons. The number of β-lactam (4-membered cyclic amide) rings is 1. The van der Waals surface area contributed by atoms with E-state index < -0.39 is 14.3 Å². The first kappa shape index (κ1) is 18.2. The second-order valence-corrected chi connectivity index (χ2v) is 13.2. The number of carbonyl (C=O) groups is 2. The van der Waals surface area contributed by atoms with Gasteiger partial charge < -0.3 is 14.4 Å². The Morgan fingerprint density at radius 2 is 1.87 bits per heavy atom. The number of fused-ring (bicyclic) bond motifs is 1. The van der Waals surface area contributed by atoms with E-state index in [2.05, 4.69) is 33.9 Å². The van der Waals surface area contributed by atoms with Crippen LogP contribution in [0.4, 0.5) is 0 Å². The van der Waals surface area contributed by atoms with Gasteiger partial charge in [-0.15, -0.1) is 0 Å². The molecule has 0 aromatic carbocycles. The van der Waals surface area contributed by atoms with Crippen molar-refractivity contribution in [2.24, 2.45) is 11.8 Å². The summed E-state index contributed by atoms with van der Waals surface area (Å²) in [6.45, 7) is 16.6. The number of nitrogens with zero attached hydrogens (tertiary/aromatic N) is 1. The molecule has 1 fully saturated rings. The number of hydrogen-bond acceptors (Lipinski definition) is 3. The van der Waals surface area contributed by atoms with Crippen LogP contribution < -0.4 is 0 Å². The van der Waals surface area contributed by atoms with Gasteiger partial charge in [0.05, 0.1) is 18.1 Å². The van der Waals surface area contributed by atoms with E-state index in [1.807, 2.05) is 20.8 Å². The van der Waals surface area contributed by atoms with Crippen molar-refractivity contribution in [1.82, 2.24) is 4.90 Å². The van der Waals surface area contributed by atoms with Crippen LogP contribution in [0.15, 0.2) is 11.3 Å². The zero-order valence-corrected chi connectivity index (χ0v) is 16.4. The molecule has 1 N–H and O–H groups in total. The molecule has 0 saturated carbocycles. The molecule has 130 valence electrons. The van der Waals surface area contributed by atoms with E-state index in [0.29, 0.717) is 0 Å². The number of carboxylic acid groups (broad SMARTS) is 1. The van der Waals surface area contributed by atoms with Crippen molar-refractivity contribution in [1.29, 1.82) is 0 Å². The second-order valence-electron chi connectivity index (χ2n) is 8.43. The van der Waals surface area contributed by atoms with Crippen molar-refractivity contribution < 1.29 is 19.1 Å². The molecule has 0 bridgehead atoms. The fraction of sp³-hybridized carbons (Fsp3) is 0.765. The van der Waals surface area contributed by atoms with Crippen LogP contribution in [0, 0.1) is 11.8 Å². The lowest BCUT2D eigenvalue weighted by atomic mass is 9.78. The Hall–Kier alpha value is -1.14. The second kappa shape index (κ2) is 5.45. The highest BCUT2D eigenvalue weighted by Crippen LogP contribution is 2.48. The number of aliphatic carboxylic acids is 1. The van der Waals surface area contributed by atoms with Crippen molar-refractivity contribution in [3.05, 3.63) is 11.3 Å². The summed E-state index contributed by atoms with van der Waals surface area (Å²) in [4.78, 5) is 25.5. The summed E-state index contributed by atoms with van der Waals surface area (Å²) >= 11 is 0. The Morgan fingerprint density at radius 3 is 2.30 bits per heavy atom. The molecule has 2 heterocycles. The molecule has 4 atom stereocenters. The molecule has 1 saturated heterocycles. The van der Waals surface area contributed by atoms with E-state index in [1.54, 1.807) is 0 Å². The van der Waals surface area contributed by atoms with Gasteiger partial charge in [-0.1, -0.05) is 27.7 Å². The maximum Gasteiger partial charge on any atom is 0.352 e. The Kier molecular flexibility index (Phi) is 4.31. The van der Waals surface area contributed by atoms with Crippen LogP contribution in [0.1, 0.15) is 41.5 Å². The molecule has 2 aliphatic rings. The topological polar surface area (TPSA) is 66.8 Å². The largest absolute Gasteiger partial charge is 0.477 e. The molecular weight excluding hydrogens is 310 g/mol. The summed E-state index contributed by atoms with van der Waals surface area (Å²) in [6.07, 6.45) is -0.187. The van der Waals surface area contributed by atoms with E-state index in [4.69, 9.17) is 4.43 Å². The maximum absolute atomic E-state index is 12.6. The predicted molar refractivity (Wildman–Crippen MR) is 91.4 cm³/mol. The molecule has 0 aromatic heterocycles. The van der Waals surface area contributed by atoms with E-state index in [0.717, 1.165) is 5.57 Å². The van der Waals surface area contributed by atoms with Gasteiger partial charge >= 0.3 is 5.97 Å². The Balaban J connectivity index is 2.20. The van der Waals surface area contributed by atoms with E-state index >= 15 is 0 Å². The van der Waals surface area contributed by atoms with Gasteiger partial charge in [0.25, 0.3) is 0 Å². The predicted octanol–water partition coefficient (Wildman–Crippen LogP) is 3.23. The van der Waals surface area contributed by atoms with Crippen LogP contribution in [0.2, 0.25) is 18.1 Å². The summed E-state index contributed by atoms with van der Waals surface area (Å²) in [7, 11) is -1.97. The highest BCUT2D eigenvalue weighted by Gasteiger charge is 2.60. The summed E-state index contributed by atoms with van der Waals surface area (Å²) < 4.78 is 6.39. The van der Waals surface area contributed by atoms with E-state index in [9.17, 15) is 14.7 Å². The van der Waals surface area contributed by atoms with Gasteiger partial charge in [-0.05, 0) is 37.6 Å². The average molecular weight is 340 g/mol. The molecule has 5 nitrogen and oxygen atoms in total. The first-order valence-electron chi connectivity index (χ1n) is 8.26. The third-order valence-corrected chi connectivity index (χ3v) is 10.6. The van der Waals surface area contributed by atoms with Crippen LogP contribution >= 0.6 is 0 Å². The Labute approximate surface area is 139 Å². The van der Waals surface area contributed by atoms with Gasteiger partial charge in [-0.2, -0.15) is 0 Å². The monoisotopic (exact) mass is 339 g/mol. The minimum absolute atomic E-state index is 0.0641. The van der Waals surface area contributed by atoms with Crippen LogP contribution in [-0.4, -0.2) is 42.3 Å². The standard InChI is InChI=1S/C17H29NO4Si/c1-9-10(2)14(16(20)21)18-13(9)12(15(18)19)11(3)22-23(7,8)17(4,5)6/h9,11-13H,1-8H3,(H,20,21)/t9?,11-,12?,13?/m1/s1. The van der Waals surface area contributed by atoms with Crippen molar-refractivity contribution in [3.63, 3.8) is 0 Å². The summed E-state index contributed by atoms with van der Waals surface area (Å²) in [5, 5.41) is 9.46. The average Bonchev–Trinajstić information content (AvgIpc) is 2.58. The van der Waals surface area contributed by atoms with Gasteiger partial charge in [0, 0.05) is 5.92 Å². The van der Waals surface area contributed by atoms with Crippen molar-refractivity contribution >= 4 is 20.2 Å². The third kappa shape index (κ3) is 2.65. The number of carboxylic acids is 1. The lowest BCUT2D eigenvalue weighted by Gasteiger charge is -2.50. The molecule has 2 aliphatic heterocycles. The Bertz CT molecular complexity index is 576. The van der Waals surface area contributed by atoms with Crippen LogP contribution in [-0.2, 0) is 14.0 Å². The van der Waals surface area contributed by atoms with Crippen LogP contribution in [0.25, 0.3) is 0 Å². The van der Waals surface area contributed by atoms with Gasteiger partial charge in [0.2, 0.25) is 5.91 Å². The summed E-state index contributed by atoms with van der Waals surface area (Å²) in [5.41, 5.74) is 0.959. The first-order chi connectivity index (χ1) is 10.3. The summed E-state index contributed by atoms with van der Waals surface area (Å²) in [5.74, 6) is -1.30. The molecule has 0 aliphatic carbocycles. The SMILES string of the molecule is CC1=C(C(=O)O)N2C(=O)C([C@@H](C)O[Si](C)(C)C(C)(C)C)C2C1C. The Morgan fingerprint density at radius 1 is 1.35 bits per heavy atom. The van der Waals surface area contributed by atoms with Gasteiger partial charge in [-0.3, -0.25) is 4.79 Å². The molecule has 0 spiro atoms. The summed E-state index contributed by atoms with van der Waals surface area (Å²) in [6, 6.07) is -0.0756. The normalized spacial score (nSPS) is 29.5. The number of hydrogen-bond donors (Lipinski definition) is 1. The fourth-order valence-electron chi connectivity index (χ4n) is 3.45. The van der Waals surface area contributed by atoms with Crippen molar-refractivity contribution in [2.75, 3.05) is 0 Å². The fourth-order valence-corrected chi connectivity index (χ4v) is 4.88. The van der Waals surface area contributed by atoms with Gasteiger partial charge in [0.15, 0.2) is 8.32 Å². The maximum atomic E-state index is 12.6. The molecule has 3 unspecified atom stereocenters. The molecular formula is C17H29NO4Si. The minimum Gasteiger partial charge on any atom is -0.477 e. The number of rotatable bonds is 4. The van der Waals surface area contributed by atoms with E-state index in [-0.39, 0.29) is 40.6 Å². The van der Waals surface area contributed by atoms with Gasteiger partial charge in [0.1, 0.15) is 5.70 Å². The van der Waals surface area contributed by atoms with Crippen LogP contribution in [0.5, 0.6) is 0 Å². The zero-order chi connectivity index (χ0) is 17.9. The van der Waals surface area contributed by atoms with Gasteiger partial charge in [-0.25, -0.2) is 4.79 Å². The van der Waals surface area contributed by atoms with Crippen LogP contribution in [0.3, 0.4) is 0 Å². The lowest BCUT2D eigenvalue weighted by Crippen LogP contribution is -2.65. The molecule has 0 aromatic rings. The third-order valence-electron chi connectivity index (χ3n) is 5.99. The minimum atomic E-state index is -1.97. The highest BCUT2D eigenvalue weighted by atomic mass is 28.4. The molecule has 6 heteroatoms. The first-order valence-corrected chi connectivity index (χ1v) is 11.2. The molecule has 2 rings (SSSR count).